The van der Waals surface area contributed by atoms with Gasteiger partial charge in [-0.25, -0.2) is 4.98 Å². The maximum atomic E-state index is 5.84. The van der Waals surface area contributed by atoms with Crippen LogP contribution in [0.5, 0.6) is 0 Å². The molecule has 2 aromatic rings. The SMILES string of the molecule is Cc1csc([C@@]2(C)O[C@H]2c2ccccc2)n1. The number of hydrogen-bond donors (Lipinski definition) is 0. The molecular formula is C13H13NOS. The van der Waals surface area contributed by atoms with E-state index in [0.29, 0.717) is 0 Å². The quantitative estimate of drug-likeness (QED) is 0.740. The fourth-order valence-electron chi connectivity index (χ4n) is 1.97. The van der Waals surface area contributed by atoms with Crippen molar-refractivity contribution in [3.8, 4) is 0 Å². The van der Waals surface area contributed by atoms with Crippen LogP contribution in [0.15, 0.2) is 35.7 Å². The van der Waals surface area contributed by atoms with Gasteiger partial charge in [-0.3, -0.25) is 0 Å². The number of thiazole rings is 1. The molecule has 2 heterocycles. The van der Waals surface area contributed by atoms with Gasteiger partial charge in [0.15, 0.2) is 0 Å². The van der Waals surface area contributed by atoms with Crippen LogP contribution < -0.4 is 0 Å². The number of ether oxygens (including phenoxy) is 1. The summed E-state index contributed by atoms with van der Waals surface area (Å²) in [5.74, 6) is 0. The molecule has 82 valence electrons. The van der Waals surface area contributed by atoms with Gasteiger partial charge in [-0.1, -0.05) is 30.3 Å². The van der Waals surface area contributed by atoms with Crippen LogP contribution in [0.3, 0.4) is 0 Å². The van der Waals surface area contributed by atoms with E-state index in [1.54, 1.807) is 11.3 Å². The highest BCUT2D eigenvalue weighted by molar-refractivity contribution is 7.09. The van der Waals surface area contributed by atoms with Crippen LogP contribution in [-0.4, -0.2) is 4.98 Å². The molecule has 1 aliphatic rings. The third-order valence-corrected chi connectivity index (χ3v) is 4.13. The second-order valence-electron chi connectivity index (χ2n) is 4.31. The summed E-state index contributed by atoms with van der Waals surface area (Å²) in [6, 6.07) is 10.3. The lowest BCUT2D eigenvalue weighted by atomic mass is 10.0. The van der Waals surface area contributed by atoms with Gasteiger partial charge in [-0.2, -0.15) is 0 Å². The second-order valence-corrected chi connectivity index (χ2v) is 5.17. The van der Waals surface area contributed by atoms with Gasteiger partial charge in [0.25, 0.3) is 0 Å². The van der Waals surface area contributed by atoms with E-state index >= 15 is 0 Å². The van der Waals surface area contributed by atoms with Crippen LogP contribution in [0.4, 0.5) is 0 Å². The molecule has 3 heteroatoms. The Kier molecular flexibility index (Phi) is 2.13. The number of aryl methyl sites for hydroxylation is 1. The summed E-state index contributed by atoms with van der Waals surface area (Å²) in [6.07, 6.45) is 0.166. The first kappa shape index (κ1) is 10.00. The van der Waals surface area contributed by atoms with E-state index in [1.165, 1.54) is 5.56 Å². The van der Waals surface area contributed by atoms with Gasteiger partial charge in [-0.05, 0) is 19.4 Å². The molecule has 1 saturated heterocycles. The Morgan fingerprint density at radius 1 is 1.31 bits per heavy atom. The van der Waals surface area contributed by atoms with E-state index < -0.39 is 0 Å². The summed E-state index contributed by atoms with van der Waals surface area (Å²) < 4.78 is 5.84. The number of benzene rings is 1. The van der Waals surface area contributed by atoms with Crippen molar-refractivity contribution < 1.29 is 4.74 Å². The summed E-state index contributed by atoms with van der Waals surface area (Å²) in [4.78, 5) is 4.51. The number of epoxide rings is 1. The van der Waals surface area contributed by atoms with E-state index in [4.69, 9.17) is 4.74 Å². The summed E-state index contributed by atoms with van der Waals surface area (Å²) >= 11 is 1.68. The topological polar surface area (TPSA) is 25.4 Å². The Labute approximate surface area is 98.9 Å². The predicted molar refractivity (Wildman–Crippen MR) is 64.5 cm³/mol. The van der Waals surface area contributed by atoms with Gasteiger partial charge in [-0.15, -0.1) is 11.3 Å². The molecule has 0 amide bonds. The molecule has 0 bridgehead atoms. The van der Waals surface area contributed by atoms with E-state index in [0.717, 1.165) is 10.7 Å². The van der Waals surface area contributed by atoms with Crippen molar-refractivity contribution in [2.24, 2.45) is 0 Å². The summed E-state index contributed by atoms with van der Waals surface area (Å²) in [5, 5.41) is 3.16. The Balaban J connectivity index is 1.90. The van der Waals surface area contributed by atoms with Crippen molar-refractivity contribution in [1.82, 2.24) is 4.98 Å². The molecule has 3 rings (SSSR count). The molecule has 1 fully saturated rings. The third-order valence-electron chi connectivity index (χ3n) is 2.95. The highest BCUT2D eigenvalue weighted by Crippen LogP contribution is 2.57. The second kappa shape index (κ2) is 3.40. The van der Waals surface area contributed by atoms with E-state index in [-0.39, 0.29) is 11.7 Å². The zero-order valence-electron chi connectivity index (χ0n) is 9.31. The Hall–Kier alpha value is -1.19. The summed E-state index contributed by atoms with van der Waals surface area (Å²) in [5.41, 5.74) is 2.10. The van der Waals surface area contributed by atoms with Gasteiger partial charge in [0.2, 0.25) is 0 Å². The first-order valence-electron chi connectivity index (χ1n) is 5.35. The van der Waals surface area contributed by atoms with Crippen LogP contribution in [0, 0.1) is 6.92 Å². The number of rotatable bonds is 2. The average Bonchev–Trinajstić information content (AvgIpc) is 2.79. The van der Waals surface area contributed by atoms with Crippen molar-refractivity contribution in [3.63, 3.8) is 0 Å². The van der Waals surface area contributed by atoms with Gasteiger partial charge in [0.05, 0.1) is 0 Å². The Morgan fingerprint density at radius 2 is 2.06 bits per heavy atom. The first-order chi connectivity index (χ1) is 7.70. The van der Waals surface area contributed by atoms with Crippen molar-refractivity contribution in [2.75, 3.05) is 0 Å². The maximum Gasteiger partial charge on any atom is 0.148 e. The Bertz CT molecular complexity index is 508. The number of aromatic nitrogens is 1. The molecule has 1 aromatic carbocycles. The molecule has 0 radical (unpaired) electrons. The lowest BCUT2D eigenvalue weighted by molar-refractivity contribution is 0.313. The van der Waals surface area contributed by atoms with Gasteiger partial charge < -0.3 is 4.74 Å². The van der Waals surface area contributed by atoms with E-state index in [2.05, 4.69) is 29.4 Å². The standard InChI is InChI=1S/C13H13NOS/c1-9-8-16-12(14-9)13(2)11(15-13)10-6-4-3-5-7-10/h3-8,11H,1-2H3/t11-,13-/m0/s1. The largest absolute Gasteiger partial charge is 0.354 e. The lowest BCUT2D eigenvalue weighted by Gasteiger charge is -2.01. The summed E-state index contributed by atoms with van der Waals surface area (Å²) in [6.45, 7) is 4.13. The minimum absolute atomic E-state index is 0.166. The number of nitrogens with zero attached hydrogens (tertiary/aromatic N) is 1. The molecule has 2 nitrogen and oxygen atoms in total. The van der Waals surface area contributed by atoms with Crippen LogP contribution >= 0.6 is 11.3 Å². The van der Waals surface area contributed by atoms with Gasteiger partial charge in [0, 0.05) is 11.1 Å². The van der Waals surface area contributed by atoms with Crippen molar-refractivity contribution >= 4 is 11.3 Å². The third kappa shape index (κ3) is 1.47. The van der Waals surface area contributed by atoms with Crippen LogP contribution in [0.1, 0.15) is 29.3 Å². The minimum Gasteiger partial charge on any atom is -0.354 e. The van der Waals surface area contributed by atoms with Crippen LogP contribution in [0.25, 0.3) is 0 Å². The molecule has 0 N–H and O–H groups in total. The van der Waals surface area contributed by atoms with Crippen molar-refractivity contribution in [2.45, 2.75) is 25.6 Å². The minimum atomic E-state index is -0.208. The van der Waals surface area contributed by atoms with Crippen LogP contribution in [-0.2, 0) is 10.3 Å². The molecule has 0 unspecified atom stereocenters. The monoisotopic (exact) mass is 231 g/mol. The highest BCUT2D eigenvalue weighted by atomic mass is 32.1. The lowest BCUT2D eigenvalue weighted by Crippen LogP contribution is -2.03. The molecule has 2 atom stereocenters. The van der Waals surface area contributed by atoms with Crippen molar-refractivity contribution in [1.29, 1.82) is 0 Å². The molecular weight excluding hydrogens is 218 g/mol. The molecule has 1 aromatic heterocycles. The van der Waals surface area contributed by atoms with E-state index in [9.17, 15) is 0 Å². The smallest absolute Gasteiger partial charge is 0.148 e. The molecule has 0 spiro atoms. The predicted octanol–water partition coefficient (Wildman–Crippen LogP) is 3.44. The average molecular weight is 231 g/mol. The molecule has 1 aliphatic heterocycles. The van der Waals surface area contributed by atoms with Crippen LogP contribution in [0.2, 0.25) is 0 Å². The van der Waals surface area contributed by atoms with Crippen molar-refractivity contribution in [3.05, 3.63) is 52.0 Å². The molecule has 0 aliphatic carbocycles. The first-order valence-corrected chi connectivity index (χ1v) is 6.23. The Morgan fingerprint density at radius 3 is 2.69 bits per heavy atom. The highest BCUT2D eigenvalue weighted by Gasteiger charge is 2.56. The summed E-state index contributed by atoms with van der Waals surface area (Å²) in [7, 11) is 0. The molecule has 16 heavy (non-hydrogen) atoms. The van der Waals surface area contributed by atoms with E-state index in [1.807, 2.05) is 25.1 Å². The maximum absolute atomic E-state index is 5.84. The zero-order valence-corrected chi connectivity index (χ0v) is 10.1. The fraction of sp³-hybridized carbons (Fsp3) is 0.308. The van der Waals surface area contributed by atoms with Gasteiger partial charge >= 0.3 is 0 Å². The zero-order chi connectivity index (χ0) is 11.2. The molecule has 0 saturated carbocycles. The number of hydrogen-bond acceptors (Lipinski definition) is 3. The van der Waals surface area contributed by atoms with Gasteiger partial charge in [0.1, 0.15) is 16.7 Å². The fourth-order valence-corrected chi connectivity index (χ4v) is 2.89. The normalized spacial score (nSPS) is 28.0.